The van der Waals surface area contributed by atoms with Crippen LogP contribution in [-0.2, 0) is 24.9 Å². The maximum atomic E-state index is 13.1. The minimum atomic E-state index is -1.29. The molecule has 3 atom stereocenters. The summed E-state index contributed by atoms with van der Waals surface area (Å²) in [6, 6.07) is 0.683. The van der Waals surface area contributed by atoms with Gasteiger partial charge in [0.15, 0.2) is 10.8 Å². The van der Waals surface area contributed by atoms with Crippen LogP contribution in [0.25, 0.3) is 0 Å². The van der Waals surface area contributed by atoms with Gasteiger partial charge in [-0.05, 0) is 11.6 Å². The minimum Gasteiger partial charge on any atom is -0.477 e. The molecule has 2 aromatic rings. The Kier molecular flexibility index (Phi) is 9.80. The summed E-state index contributed by atoms with van der Waals surface area (Å²) in [7, 11) is 0. The molecule has 40 heavy (non-hydrogen) atoms. The number of thiazole rings is 1. The largest absolute Gasteiger partial charge is 0.477 e. The van der Waals surface area contributed by atoms with Gasteiger partial charge in [0.25, 0.3) is 11.8 Å². The van der Waals surface area contributed by atoms with E-state index >= 15 is 0 Å². The molecule has 8 N–H and O–H groups in total. The lowest BCUT2D eigenvalue weighted by atomic mass is 10.0. The molecule has 19 heteroatoms. The zero-order valence-corrected chi connectivity index (χ0v) is 24.2. The summed E-state index contributed by atoms with van der Waals surface area (Å²) in [4.78, 5) is 59.0. The number of anilines is 1. The fourth-order valence-electron chi connectivity index (χ4n) is 3.73. The van der Waals surface area contributed by atoms with E-state index in [1.54, 1.807) is 18.5 Å². The number of carbonyl (C=O) groups excluding carboxylic acids is 3. The molecule has 3 amide bonds. The standard InChI is InChI=1S/C21H21ClN8O6S4/c22-16-12(28-21(24)40-16)13(29-36)17(32)27-14-18(33)30-15(20(34)35)10(5-38-19(14)30)39-9-1-2-25-3-8(9)4-37-6-11(23)26-7-31/h1-3,7,11,14,19,36H,4-6,23H2,(H2,24,28)(H,26,31)(H,27,32)(H,34,35)/b29-13-/t11-,14+,19-/m0/s1. The average molecular weight is 645 g/mol. The number of fused-ring (bicyclic) bond motifs is 1. The average Bonchev–Trinajstić information content (AvgIpc) is 3.25. The predicted molar refractivity (Wildman–Crippen MR) is 153 cm³/mol. The van der Waals surface area contributed by atoms with Gasteiger partial charge in [-0.2, -0.15) is 11.8 Å². The minimum absolute atomic E-state index is 0.0289. The second-order valence-electron chi connectivity index (χ2n) is 8.05. The van der Waals surface area contributed by atoms with Crippen LogP contribution in [0.15, 0.2) is 39.1 Å². The number of carboxylic acids is 1. The third kappa shape index (κ3) is 6.31. The van der Waals surface area contributed by atoms with Gasteiger partial charge in [-0.15, -0.1) is 11.8 Å². The molecule has 2 aromatic heterocycles. The summed E-state index contributed by atoms with van der Waals surface area (Å²) in [6.07, 6.45) is 3.27. The Balaban J connectivity index is 1.48. The molecule has 0 unspecified atom stereocenters. The van der Waals surface area contributed by atoms with E-state index in [4.69, 9.17) is 23.1 Å². The molecule has 212 valence electrons. The van der Waals surface area contributed by atoms with Crippen LogP contribution in [0.1, 0.15) is 11.3 Å². The first-order valence-electron chi connectivity index (χ1n) is 11.2. The van der Waals surface area contributed by atoms with Gasteiger partial charge in [0.1, 0.15) is 27.1 Å². The van der Waals surface area contributed by atoms with Crippen molar-refractivity contribution < 1.29 is 29.5 Å². The molecule has 0 aliphatic carbocycles. The summed E-state index contributed by atoms with van der Waals surface area (Å²) in [5.74, 6) is -1.62. The number of β-lactam (4-membered cyclic amide) rings is 1. The fourth-order valence-corrected chi connectivity index (χ4v) is 8.23. The first-order chi connectivity index (χ1) is 19.2. The molecule has 4 rings (SSSR count). The van der Waals surface area contributed by atoms with Crippen molar-refractivity contribution >= 4 is 93.3 Å². The van der Waals surface area contributed by atoms with Crippen LogP contribution in [0.2, 0.25) is 4.34 Å². The molecule has 1 saturated heterocycles. The first kappa shape index (κ1) is 29.9. The lowest BCUT2D eigenvalue weighted by molar-refractivity contribution is -0.150. The number of nitrogens with zero attached hydrogens (tertiary/aromatic N) is 4. The van der Waals surface area contributed by atoms with E-state index in [0.717, 1.165) is 26.7 Å². The van der Waals surface area contributed by atoms with Gasteiger partial charge in [0.2, 0.25) is 6.41 Å². The lowest BCUT2D eigenvalue weighted by Crippen LogP contribution is -2.71. The maximum absolute atomic E-state index is 13.1. The van der Waals surface area contributed by atoms with E-state index in [2.05, 4.69) is 25.8 Å². The number of amides is 3. The number of thioether (sulfide) groups is 3. The SMILES string of the molecule is Nc1nc(/C(=N/O)C(=O)N[C@@H]2C(=O)N3C(C(=O)O)=C(Sc4ccncc4CSC[C@@H](N)NC=O)CS[C@@H]23)c(Cl)s1. The number of hydrogen-bond donors (Lipinski definition) is 6. The number of nitrogen functional groups attached to an aromatic ring is 1. The van der Waals surface area contributed by atoms with Crippen LogP contribution < -0.4 is 22.1 Å². The second kappa shape index (κ2) is 13.1. The van der Waals surface area contributed by atoms with Crippen molar-refractivity contribution in [3.63, 3.8) is 0 Å². The Labute approximate surface area is 248 Å². The van der Waals surface area contributed by atoms with E-state index in [1.165, 1.54) is 35.3 Å². The second-order valence-corrected chi connectivity index (χ2v) is 13.0. The summed E-state index contributed by atoms with van der Waals surface area (Å²) < 4.78 is 0.0289. The molecule has 14 nitrogen and oxygen atoms in total. The fraction of sp³-hybridized carbons (Fsp3) is 0.286. The molecule has 0 spiro atoms. The van der Waals surface area contributed by atoms with E-state index in [9.17, 15) is 29.5 Å². The monoisotopic (exact) mass is 644 g/mol. The first-order valence-corrected chi connectivity index (χ1v) is 15.4. The highest BCUT2D eigenvalue weighted by atomic mass is 35.5. The molecule has 0 saturated carbocycles. The number of pyridine rings is 1. The van der Waals surface area contributed by atoms with Crippen molar-refractivity contribution in [2.75, 3.05) is 17.2 Å². The van der Waals surface area contributed by atoms with Crippen LogP contribution in [-0.4, -0.2) is 84.2 Å². The van der Waals surface area contributed by atoms with Crippen molar-refractivity contribution in [1.82, 2.24) is 25.5 Å². The van der Waals surface area contributed by atoms with Crippen molar-refractivity contribution in [3.05, 3.63) is 44.7 Å². The van der Waals surface area contributed by atoms with Gasteiger partial charge in [-0.25, -0.2) is 9.78 Å². The van der Waals surface area contributed by atoms with E-state index in [-0.39, 0.29) is 26.6 Å². The number of oxime groups is 1. The van der Waals surface area contributed by atoms with E-state index in [0.29, 0.717) is 22.8 Å². The van der Waals surface area contributed by atoms with Crippen molar-refractivity contribution in [3.8, 4) is 0 Å². The Morgan fingerprint density at radius 3 is 2.85 bits per heavy atom. The van der Waals surface area contributed by atoms with Crippen LogP contribution in [0, 0.1) is 0 Å². The Hall–Kier alpha value is -3.03. The van der Waals surface area contributed by atoms with Gasteiger partial charge in [0, 0.05) is 39.5 Å². The molecule has 4 heterocycles. The summed E-state index contributed by atoms with van der Waals surface area (Å²) >= 11 is 10.9. The third-order valence-electron chi connectivity index (χ3n) is 5.49. The Morgan fingerprint density at radius 2 is 2.20 bits per heavy atom. The van der Waals surface area contributed by atoms with Crippen molar-refractivity contribution in [2.45, 2.75) is 28.2 Å². The predicted octanol–water partition coefficient (Wildman–Crippen LogP) is 0.704. The highest BCUT2D eigenvalue weighted by Gasteiger charge is 2.54. The molecule has 2 aliphatic heterocycles. The quantitative estimate of drug-likeness (QED) is 0.0468. The highest BCUT2D eigenvalue weighted by Crippen LogP contribution is 2.46. The Bertz CT molecular complexity index is 1400. The summed E-state index contributed by atoms with van der Waals surface area (Å²) in [6.45, 7) is 0. The van der Waals surface area contributed by atoms with Crippen LogP contribution >= 0.6 is 58.2 Å². The molecule has 1 fully saturated rings. The number of rotatable bonds is 12. The van der Waals surface area contributed by atoms with Crippen LogP contribution in [0.3, 0.4) is 0 Å². The van der Waals surface area contributed by atoms with Crippen LogP contribution in [0.5, 0.6) is 0 Å². The summed E-state index contributed by atoms with van der Waals surface area (Å²) in [5, 5.41) is 26.7. The number of carboxylic acid groups (broad SMARTS) is 1. The van der Waals surface area contributed by atoms with Crippen molar-refractivity contribution in [2.24, 2.45) is 10.9 Å². The van der Waals surface area contributed by atoms with E-state index in [1.807, 2.05) is 0 Å². The molecular weight excluding hydrogens is 624 g/mol. The number of hydrogen-bond acceptors (Lipinski definition) is 14. The zero-order valence-electron chi connectivity index (χ0n) is 20.1. The van der Waals surface area contributed by atoms with Gasteiger partial charge >= 0.3 is 5.97 Å². The number of nitrogens with two attached hydrogens (primary N) is 2. The molecule has 2 aliphatic rings. The van der Waals surface area contributed by atoms with Gasteiger partial charge in [-0.3, -0.25) is 24.3 Å². The van der Waals surface area contributed by atoms with Crippen LogP contribution in [0.4, 0.5) is 5.13 Å². The maximum Gasteiger partial charge on any atom is 0.353 e. The molecule has 0 radical (unpaired) electrons. The number of nitrogens with one attached hydrogen (secondary N) is 2. The molecular formula is C21H21ClN8O6S4. The zero-order chi connectivity index (χ0) is 29.0. The van der Waals surface area contributed by atoms with Gasteiger partial charge in [-0.1, -0.05) is 39.9 Å². The number of aromatic nitrogens is 2. The van der Waals surface area contributed by atoms with Gasteiger partial charge in [0.05, 0.1) is 6.17 Å². The van der Waals surface area contributed by atoms with Gasteiger partial charge < -0.3 is 32.4 Å². The number of carbonyl (C=O) groups is 4. The smallest absolute Gasteiger partial charge is 0.353 e. The normalized spacial score (nSPS) is 19.5. The number of aliphatic carboxylic acids is 1. The van der Waals surface area contributed by atoms with Crippen molar-refractivity contribution in [1.29, 1.82) is 0 Å². The summed E-state index contributed by atoms with van der Waals surface area (Å²) in [5.41, 5.74) is 11.4. The topological polar surface area (TPSA) is 226 Å². The molecule has 0 aromatic carbocycles. The third-order valence-corrected chi connectivity index (χ3v) is 10.4. The van der Waals surface area contributed by atoms with E-state index < -0.39 is 41.1 Å². The lowest BCUT2D eigenvalue weighted by Gasteiger charge is -2.49. The molecule has 0 bridgehead atoms. The Morgan fingerprint density at radius 1 is 1.43 bits per heavy atom. The highest BCUT2D eigenvalue weighted by molar-refractivity contribution is 8.06. The number of halogens is 1.